The molecule has 1 unspecified atom stereocenters. The summed E-state index contributed by atoms with van der Waals surface area (Å²) in [6.45, 7) is 5.00. The van der Waals surface area contributed by atoms with Crippen molar-refractivity contribution >= 4 is 17.5 Å². The van der Waals surface area contributed by atoms with Gasteiger partial charge in [0.1, 0.15) is 17.1 Å². The van der Waals surface area contributed by atoms with Crippen molar-refractivity contribution in [1.82, 2.24) is 15.0 Å². The molecular weight excluding hydrogens is 391 g/mol. The third-order valence-corrected chi connectivity index (χ3v) is 3.41. The number of rotatable bonds is 11. The van der Waals surface area contributed by atoms with E-state index in [4.69, 9.17) is 4.74 Å². The minimum atomic E-state index is -3.33. The Bertz CT molecular complexity index is 795. The molecule has 2 heterocycles. The van der Waals surface area contributed by atoms with Crippen LogP contribution < -0.4 is 15.4 Å². The highest BCUT2D eigenvalue weighted by molar-refractivity contribution is 6.03. The van der Waals surface area contributed by atoms with Crippen LogP contribution in [0, 0.1) is 0 Å². The molecular formula is C18H22F3N5O3. The minimum Gasteiger partial charge on any atom is -0.452 e. The van der Waals surface area contributed by atoms with E-state index in [0.717, 1.165) is 18.7 Å². The predicted octanol–water partition coefficient (Wildman–Crippen LogP) is 3.29. The van der Waals surface area contributed by atoms with Crippen LogP contribution in [0.3, 0.4) is 0 Å². The third kappa shape index (κ3) is 7.53. The number of carbonyl (C=O) groups excluding carboxylic acids is 1. The Morgan fingerprint density at radius 1 is 1.21 bits per heavy atom. The molecule has 0 spiro atoms. The van der Waals surface area contributed by atoms with Gasteiger partial charge in [-0.25, -0.2) is 18.7 Å². The molecule has 0 aliphatic carbocycles. The van der Waals surface area contributed by atoms with Gasteiger partial charge in [-0.05, 0) is 26.3 Å². The number of halogens is 3. The van der Waals surface area contributed by atoms with E-state index in [1.807, 2.05) is 13.8 Å². The van der Waals surface area contributed by atoms with Crippen LogP contribution in [0.5, 0.6) is 5.75 Å². The summed E-state index contributed by atoms with van der Waals surface area (Å²) in [6, 6.07) is 2.53. The quantitative estimate of drug-likeness (QED) is 0.546. The third-order valence-electron chi connectivity index (χ3n) is 3.41. The van der Waals surface area contributed by atoms with Crippen LogP contribution in [0.4, 0.5) is 24.8 Å². The lowest BCUT2D eigenvalue weighted by Crippen LogP contribution is -2.21. The molecule has 158 valence electrons. The Labute approximate surface area is 165 Å². The maximum atomic E-state index is 13.2. The van der Waals surface area contributed by atoms with Crippen molar-refractivity contribution in [3.05, 3.63) is 36.4 Å². The lowest BCUT2D eigenvalue weighted by atomic mass is 10.3. The first-order valence-electron chi connectivity index (χ1n) is 8.89. The Morgan fingerprint density at radius 2 is 2.00 bits per heavy atom. The zero-order chi connectivity index (χ0) is 21.2. The van der Waals surface area contributed by atoms with Crippen LogP contribution >= 0.6 is 0 Å². The molecule has 0 aliphatic heterocycles. The largest absolute Gasteiger partial charge is 0.452 e. The number of hydrogen-bond donors (Lipinski definition) is 2. The summed E-state index contributed by atoms with van der Waals surface area (Å²) in [6.07, 6.45) is -1.52. The number of amides is 1. The van der Waals surface area contributed by atoms with Gasteiger partial charge >= 0.3 is 6.43 Å². The van der Waals surface area contributed by atoms with Crippen LogP contribution in [-0.2, 0) is 4.74 Å². The maximum Gasteiger partial charge on any atom is 0.304 e. The molecule has 0 saturated carbocycles. The lowest BCUT2D eigenvalue weighted by Gasteiger charge is -2.14. The van der Waals surface area contributed by atoms with E-state index in [1.54, 1.807) is 0 Å². The van der Waals surface area contributed by atoms with Crippen molar-refractivity contribution in [2.45, 2.75) is 39.2 Å². The topological polar surface area (TPSA) is 98.3 Å². The number of nitrogens with zero attached hydrogens (tertiary/aromatic N) is 3. The van der Waals surface area contributed by atoms with Crippen molar-refractivity contribution in [2.75, 3.05) is 23.8 Å². The number of carbonyl (C=O) groups is 1. The van der Waals surface area contributed by atoms with Crippen LogP contribution in [0.2, 0.25) is 0 Å². The summed E-state index contributed by atoms with van der Waals surface area (Å²) < 4.78 is 47.9. The lowest BCUT2D eigenvalue weighted by molar-refractivity contribution is -0.0665. The summed E-state index contributed by atoms with van der Waals surface area (Å²) >= 11 is 0. The Hall–Kier alpha value is -2.95. The Kier molecular flexibility index (Phi) is 8.59. The molecule has 8 nitrogen and oxygen atoms in total. The molecule has 2 aromatic heterocycles. The standard InChI is InChI=1S/C18H22F3N5O3/c1-11(2)28-9-3-6-23-18-24-8-4-12(26-18)17(27)25-13-10-22-7-5-14(13)29-16(21)15(19)20/h4-5,7-8,10-11,15-16H,3,6,9H2,1-2H3,(H,25,27)(H,23,24,26). The van der Waals surface area contributed by atoms with Crippen LogP contribution in [0.25, 0.3) is 0 Å². The molecule has 0 radical (unpaired) electrons. The molecule has 29 heavy (non-hydrogen) atoms. The number of hydrogen-bond acceptors (Lipinski definition) is 7. The second-order valence-corrected chi connectivity index (χ2v) is 6.09. The fourth-order valence-corrected chi connectivity index (χ4v) is 2.10. The van der Waals surface area contributed by atoms with E-state index in [9.17, 15) is 18.0 Å². The first-order valence-corrected chi connectivity index (χ1v) is 8.89. The molecule has 2 rings (SSSR count). The van der Waals surface area contributed by atoms with E-state index in [-0.39, 0.29) is 29.2 Å². The van der Waals surface area contributed by atoms with Gasteiger partial charge in [0.15, 0.2) is 0 Å². The van der Waals surface area contributed by atoms with E-state index >= 15 is 0 Å². The van der Waals surface area contributed by atoms with E-state index in [0.29, 0.717) is 13.2 Å². The van der Waals surface area contributed by atoms with E-state index in [1.165, 1.54) is 18.5 Å². The average molecular weight is 413 g/mol. The van der Waals surface area contributed by atoms with Gasteiger partial charge in [-0.15, -0.1) is 0 Å². The number of alkyl halides is 3. The van der Waals surface area contributed by atoms with Gasteiger partial charge in [0.25, 0.3) is 12.3 Å². The molecule has 0 aromatic carbocycles. The van der Waals surface area contributed by atoms with Crippen molar-refractivity contribution in [2.24, 2.45) is 0 Å². The van der Waals surface area contributed by atoms with Crippen molar-refractivity contribution in [3.63, 3.8) is 0 Å². The normalized spacial score (nSPS) is 12.1. The van der Waals surface area contributed by atoms with Gasteiger partial charge in [-0.3, -0.25) is 9.78 Å². The first kappa shape index (κ1) is 22.3. The minimum absolute atomic E-state index is 0.0152. The van der Waals surface area contributed by atoms with Gasteiger partial charge in [0, 0.05) is 31.6 Å². The number of anilines is 2. The first-order chi connectivity index (χ1) is 13.9. The number of ether oxygens (including phenoxy) is 2. The van der Waals surface area contributed by atoms with Gasteiger partial charge in [0.05, 0.1) is 12.3 Å². The fraction of sp³-hybridized carbons (Fsp3) is 0.444. The summed E-state index contributed by atoms with van der Waals surface area (Å²) in [7, 11) is 0. The highest BCUT2D eigenvalue weighted by Crippen LogP contribution is 2.26. The van der Waals surface area contributed by atoms with E-state index in [2.05, 4.69) is 30.3 Å². The number of nitrogens with one attached hydrogen (secondary N) is 2. The molecule has 2 aromatic rings. The SMILES string of the molecule is CC(C)OCCCNc1nccc(C(=O)Nc2cnccc2OC(F)C(F)F)n1. The average Bonchev–Trinajstić information content (AvgIpc) is 2.69. The number of aromatic nitrogens is 3. The molecule has 0 aliphatic rings. The van der Waals surface area contributed by atoms with Gasteiger partial charge < -0.3 is 20.1 Å². The molecule has 2 N–H and O–H groups in total. The van der Waals surface area contributed by atoms with Crippen LogP contribution in [0.15, 0.2) is 30.7 Å². The molecule has 1 amide bonds. The monoisotopic (exact) mass is 413 g/mol. The van der Waals surface area contributed by atoms with E-state index < -0.39 is 18.7 Å². The summed E-state index contributed by atoms with van der Waals surface area (Å²) in [5, 5.41) is 5.39. The predicted molar refractivity (Wildman–Crippen MR) is 99.9 cm³/mol. The molecule has 11 heteroatoms. The Morgan fingerprint density at radius 3 is 2.72 bits per heavy atom. The zero-order valence-electron chi connectivity index (χ0n) is 15.9. The second-order valence-electron chi connectivity index (χ2n) is 6.09. The zero-order valence-corrected chi connectivity index (χ0v) is 15.9. The van der Waals surface area contributed by atoms with Gasteiger partial charge in [0.2, 0.25) is 5.95 Å². The van der Waals surface area contributed by atoms with Gasteiger partial charge in [-0.1, -0.05) is 0 Å². The highest BCUT2D eigenvalue weighted by Gasteiger charge is 2.23. The number of pyridine rings is 1. The Balaban J connectivity index is 1.97. The molecule has 0 saturated heterocycles. The van der Waals surface area contributed by atoms with Crippen LogP contribution in [-0.4, -0.2) is 52.9 Å². The van der Waals surface area contributed by atoms with Crippen molar-refractivity contribution in [1.29, 1.82) is 0 Å². The maximum absolute atomic E-state index is 13.2. The fourth-order valence-electron chi connectivity index (χ4n) is 2.10. The molecule has 0 fully saturated rings. The van der Waals surface area contributed by atoms with Gasteiger partial charge in [-0.2, -0.15) is 4.39 Å². The van der Waals surface area contributed by atoms with Crippen molar-refractivity contribution < 1.29 is 27.4 Å². The van der Waals surface area contributed by atoms with Crippen LogP contribution in [0.1, 0.15) is 30.8 Å². The summed E-state index contributed by atoms with van der Waals surface area (Å²) in [5.41, 5.74) is -0.0545. The summed E-state index contributed by atoms with van der Waals surface area (Å²) in [4.78, 5) is 24.3. The molecule has 0 bridgehead atoms. The molecule has 1 atom stereocenters. The summed E-state index contributed by atoms with van der Waals surface area (Å²) in [5.74, 6) is -0.700. The van der Waals surface area contributed by atoms with Crippen molar-refractivity contribution in [3.8, 4) is 5.75 Å². The smallest absolute Gasteiger partial charge is 0.304 e. The highest BCUT2D eigenvalue weighted by atomic mass is 19.3. The second kappa shape index (κ2) is 11.1.